The third kappa shape index (κ3) is 3.75. The van der Waals surface area contributed by atoms with Gasteiger partial charge in [0, 0.05) is 11.3 Å². The molecule has 0 radical (unpaired) electrons. The van der Waals surface area contributed by atoms with E-state index < -0.39 is 15.7 Å². The summed E-state index contributed by atoms with van der Waals surface area (Å²) in [5.41, 5.74) is 0.369. The predicted molar refractivity (Wildman–Crippen MR) is 84.0 cm³/mol. The number of anilines is 1. The summed E-state index contributed by atoms with van der Waals surface area (Å²) in [4.78, 5) is 12.2. The van der Waals surface area contributed by atoms with Crippen molar-refractivity contribution in [3.63, 3.8) is 0 Å². The van der Waals surface area contributed by atoms with Crippen LogP contribution in [0.1, 0.15) is 10.4 Å². The van der Waals surface area contributed by atoms with E-state index in [1.54, 1.807) is 24.3 Å². The van der Waals surface area contributed by atoms with E-state index in [1.807, 2.05) is 0 Å². The quantitative estimate of drug-likeness (QED) is 0.924. The lowest BCUT2D eigenvalue weighted by atomic mass is 10.2. The number of amides is 1. The van der Waals surface area contributed by atoms with Crippen LogP contribution in [0.5, 0.6) is 0 Å². The normalized spacial score (nSPS) is 11.2. The summed E-state index contributed by atoms with van der Waals surface area (Å²) in [6.07, 6.45) is 1.05. The average Bonchev–Trinajstić information content (AvgIpc) is 2.42. The van der Waals surface area contributed by atoms with Crippen LogP contribution >= 0.6 is 23.2 Å². The fraction of sp³-hybridized carbons (Fsp3) is 0.0714. The fourth-order valence-electron chi connectivity index (χ4n) is 1.76. The predicted octanol–water partition coefficient (Wildman–Crippen LogP) is 3.65. The third-order valence-electron chi connectivity index (χ3n) is 2.71. The maximum Gasteiger partial charge on any atom is 0.257 e. The molecule has 2 rings (SSSR count). The molecule has 21 heavy (non-hydrogen) atoms. The van der Waals surface area contributed by atoms with Crippen LogP contribution in [0.4, 0.5) is 5.69 Å². The molecule has 0 saturated heterocycles. The van der Waals surface area contributed by atoms with Gasteiger partial charge in [0.15, 0.2) is 9.84 Å². The number of benzene rings is 2. The Bertz CT molecular complexity index is 804. The van der Waals surface area contributed by atoms with Gasteiger partial charge < -0.3 is 5.32 Å². The number of nitrogens with one attached hydrogen (secondary N) is 1. The van der Waals surface area contributed by atoms with E-state index in [-0.39, 0.29) is 10.5 Å². The molecular formula is C14H11Cl2NO3S. The van der Waals surface area contributed by atoms with Crippen molar-refractivity contribution in [2.24, 2.45) is 0 Å². The number of rotatable bonds is 3. The summed E-state index contributed by atoms with van der Waals surface area (Å²) in [6.45, 7) is 0. The molecule has 1 amide bonds. The molecule has 1 N–H and O–H groups in total. The van der Waals surface area contributed by atoms with Crippen LogP contribution in [0.25, 0.3) is 0 Å². The molecule has 2 aromatic rings. The van der Waals surface area contributed by atoms with Crippen molar-refractivity contribution in [1.29, 1.82) is 0 Å². The van der Waals surface area contributed by atoms with Gasteiger partial charge in [-0.15, -0.1) is 0 Å². The Kier molecular flexibility index (Phi) is 4.56. The average molecular weight is 344 g/mol. The molecule has 0 saturated carbocycles. The second kappa shape index (κ2) is 6.05. The van der Waals surface area contributed by atoms with Crippen molar-refractivity contribution in [1.82, 2.24) is 0 Å². The fourth-order valence-corrected chi connectivity index (χ4v) is 2.98. The highest BCUT2D eigenvalue weighted by atomic mass is 35.5. The summed E-state index contributed by atoms with van der Waals surface area (Å²) >= 11 is 11.8. The Morgan fingerprint density at radius 1 is 1.10 bits per heavy atom. The zero-order valence-electron chi connectivity index (χ0n) is 10.9. The van der Waals surface area contributed by atoms with Crippen LogP contribution in [0.2, 0.25) is 10.0 Å². The van der Waals surface area contributed by atoms with Gasteiger partial charge in [0.05, 0.1) is 21.2 Å². The molecule has 4 nitrogen and oxygen atoms in total. The molecule has 110 valence electrons. The molecule has 0 spiro atoms. The van der Waals surface area contributed by atoms with E-state index in [2.05, 4.69) is 5.32 Å². The highest BCUT2D eigenvalue weighted by Gasteiger charge is 2.18. The number of carbonyl (C=O) groups excluding carboxylic acids is 1. The minimum Gasteiger partial charge on any atom is -0.321 e. The number of hydrogen-bond donors (Lipinski definition) is 1. The van der Waals surface area contributed by atoms with Crippen molar-refractivity contribution < 1.29 is 13.2 Å². The van der Waals surface area contributed by atoms with Gasteiger partial charge in [-0.1, -0.05) is 35.3 Å². The summed E-state index contributed by atoms with van der Waals surface area (Å²) in [7, 11) is -3.51. The Morgan fingerprint density at radius 3 is 2.43 bits per heavy atom. The van der Waals surface area contributed by atoms with E-state index in [1.165, 1.54) is 18.2 Å². The Hall–Kier alpha value is -1.56. The number of sulfone groups is 1. The minimum atomic E-state index is -3.51. The molecule has 0 unspecified atom stereocenters. The van der Waals surface area contributed by atoms with Gasteiger partial charge >= 0.3 is 0 Å². The third-order valence-corrected chi connectivity index (χ3v) is 4.43. The first kappa shape index (κ1) is 15.8. The van der Waals surface area contributed by atoms with Gasteiger partial charge in [0.1, 0.15) is 0 Å². The molecule has 0 aliphatic carbocycles. The van der Waals surface area contributed by atoms with E-state index in [0.29, 0.717) is 15.7 Å². The number of halogens is 2. The molecule has 0 atom stereocenters. The largest absolute Gasteiger partial charge is 0.321 e. The van der Waals surface area contributed by atoms with Crippen LogP contribution in [0, 0.1) is 0 Å². The Balaban J connectivity index is 2.40. The summed E-state index contributed by atoms with van der Waals surface area (Å²) in [5.74, 6) is -0.569. The molecular weight excluding hydrogens is 333 g/mol. The van der Waals surface area contributed by atoms with Gasteiger partial charge in [-0.25, -0.2) is 8.42 Å². The first-order valence-corrected chi connectivity index (χ1v) is 8.49. The second-order valence-electron chi connectivity index (χ2n) is 4.35. The lowest BCUT2D eigenvalue weighted by molar-refractivity contribution is 0.102. The van der Waals surface area contributed by atoms with E-state index >= 15 is 0 Å². The maximum absolute atomic E-state index is 12.3. The van der Waals surface area contributed by atoms with Crippen LogP contribution in [0.15, 0.2) is 47.4 Å². The summed E-state index contributed by atoms with van der Waals surface area (Å²) < 4.78 is 23.4. The summed E-state index contributed by atoms with van der Waals surface area (Å²) in [5, 5.41) is 3.28. The van der Waals surface area contributed by atoms with E-state index in [0.717, 1.165) is 6.26 Å². The minimum absolute atomic E-state index is 0.0411. The Morgan fingerprint density at radius 2 is 1.76 bits per heavy atom. The lowest BCUT2D eigenvalue weighted by Crippen LogP contribution is -2.16. The molecule has 0 aromatic heterocycles. The van der Waals surface area contributed by atoms with Gasteiger partial charge in [-0.05, 0) is 30.3 Å². The molecule has 0 aliphatic heterocycles. The smallest absolute Gasteiger partial charge is 0.257 e. The van der Waals surface area contributed by atoms with E-state index in [9.17, 15) is 13.2 Å². The standard InChI is InChI=1S/C14H11Cl2NO3S/c1-21(19,20)13-5-3-2-4-10(13)14(18)17-12-8-9(15)6-7-11(12)16/h2-8H,1H3,(H,17,18). The molecule has 0 fully saturated rings. The highest BCUT2D eigenvalue weighted by Crippen LogP contribution is 2.26. The second-order valence-corrected chi connectivity index (χ2v) is 7.17. The van der Waals surface area contributed by atoms with Crippen LogP contribution in [-0.4, -0.2) is 20.6 Å². The van der Waals surface area contributed by atoms with Gasteiger partial charge in [-0.2, -0.15) is 0 Å². The van der Waals surface area contributed by atoms with Gasteiger partial charge in [-0.3, -0.25) is 4.79 Å². The van der Waals surface area contributed by atoms with Gasteiger partial charge in [0.2, 0.25) is 0 Å². The van der Waals surface area contributed by atoms with Crippen LogP contribution in [0.3, 0.4) is 0 Å². The molecule has 2 aromatic carbocycles. The number of hydrogen-bond acceptors (Lipinski definition) is 3. The monoisotopic (exact) mass is 343 g/mol. The first-order chi connectivity index (χ1) is 9.79. The van der Waals surface area contributed by atoms with E-state index in [4.69, 9.17) is 23.2 Å². The van der Waals surface area contributed by atoms with Crippen molar-refractivity contribution >= 4 is 44.6 Å². The summed E-state index contributed by atoms with van der Waals surface area (Å²) in [6, 6.07) is 10.6. The van der Waals surface area contributed by atoms with Crippen LogP contribution < -0.4 is 5.32 Å². The lowest BCUT2D eigenvalue weighted by Gasteiger charge is -2.10. The van der Waals surface area contributed by atoms with Crippen molar-refractivity contribution in [2.45, 2.75) is 4.90 Å². The van der Waals surface area contributed by atoms with Gasteiger partial charge in [0.25, 0.3) is 5.91 Å². The van der Waals surface area contributed by atoms with Crippen molar-refractivity contribution in [3.8, 4) is 0 Å². The molecule has 7 heteroatoms. The maximum atomic E-state index is 12.3. The molecule has 0 aliphatic rings. The first-order valence-electron chi connectivity index (χ1n) is 5.84. The SMILES string of the molecule is CS(=O)(=O)c1ccccc1C(=O)Nc1cc(Cl)ccc1Cl. The Labute approximate surface area is 132 Å². The molecule has 0 bridgehead atoms. The van der Waals surface area contributed by atoms with Crippen molar-refractivity contribution in [3.05, 3.63) is 58.1 Å². The van der Waals surface area contributed by atoms with Crippen molar-refractivity contribution in [2.75, 3.05) is 11.6 Å². The van der Waals surface area contributed by atoms with Crippen LogP contribution in [-0.2, 0) is 9.84 Å². The number of carbonyl (C=O) groups is 1. The zero-order valence-corrected chi connectivity index (χ0v) is 13.3. The topological polar surface area (TPSA) is 63.2 Å². The highest BCUT2D eigenvalue weighted by molar-refractivity contribution is 7.90. The molecule has 0 heterocycles. The zero-order chi connectivity index (χ0) is 15.6.